The molecule has 0 spiro atoms. The van der Waals surface area contributed by atoms with E-state index in [1.165, 1.54) is 22.7 Å². The first-order chi connectivity index (χ1) is 11.2. The lowest BCUT2D eigenvalue weighted by atomic mass is 10.2. The maximum atomic E-state index is 12.2. The number of benzene rings is 1. The van der Waals surface area contributed by atoms with Crippen molar-refractivity contribution in [3.63, 3.8) is 0 Å². The molecule has 2 rings (SSSR count). The molecule has 7 nitrogen and oxygen atoms in total. The van der Waals surface area contributed by atoms with E-state index in [4.69, 9.17) is 11.6 Å². The van der Waals surface area contributed by atoms with Crippen molar-refractivity contribution in [2.45, 2.75) is 6.92 Å². The average Bonchev–Trinajstić information content (AvgIpc) is 2.51. The Balaban J connectivity index is 1.88. The lowest BCUT2D eigenvalue weighted by Gasteiger charge is -2.34. The number of anilines is 1. The number of carbonyl (C=O) groups excluding carboxylic acids is 1. The third-order valence-corrected chi connectivity index (χ3v) is 6.14. The molecular weight excluding hydrogens is 352 g/mol. The lowest BCUT2D eigenvalue weighted by molar-refractivity contribution is -0.117. The smallest absolute Gasteiger partial charge is 0.281 e. The minimum Gasteiger partial charge on any atom is -0.325 e. The minimum absolute atomic E-state index is 0.135. The zero-order valence-corrected chi connectivity index (χ0v) is 15.7. The predicted octanol–water partition coefficient (Wildman–Crippen LogP) is 1.01. The molecule has 1 aromatic carbocycles. The van der Waals surface area contributed by atoms with E-state index >= 15 is 0 Å². The van der Waals surface area contributed by atoms with Gasteiger partial charge in [-0.1, -0.05) is 17.7 Å². The number of rotatable bonds is 5. The van der Waals surface area contributed by atoms with Gasteiger partial charge >= 0.3 is 0 Å². The Labute approximate surface area is 148 Å². The molecule has 1 aliphatic rings. The molecule has 0 atom stereocenters. The minimum atomic E-state index is -3.39. The monoisotopic (exact) mass is 374 g/mol. The fourth-order valence-corrected chi connectivity index (χ4v) is 3.73. The highest BCUT2D eigenvalue weighted by atomic mass is 35.5. The Morgan fingerprint density at radius 3 is 2.46 bits per heavy atom. The zero-order chi connectivity index (χ0) is 17.9. The molecule has 0 unspecified atom stereocenters. The van der Waals surface area contributed by atoms with E-state index in [1.54, 1.807) is 12.1 Å². The molecule has 1 fully saturated rings. The van der Waals surface area contributed by atoms with Crippen molar-refractivity contribution in [2.24, 2.45) is 0 Å². The molecule has 1 amide bonds. The summed E-state index contributed by atoms with van der Waals surface area (Å²) in [5, 5.41) is 3.42. The largest absolute Gasteiger partial charge is 0.325 e. The maximum absolute atomic E-state index is 12.2. The number of hydrogen-bond donors (Lipinski definition) is 1. The Kier molecular flexibility index (Phi) is 6.22. The molecule has 1 aromatic rings. The summed E-state index contributed by atoms with van der Waals surface area (Å²) in [6.45, 7) is 3.93. The van der Waals surface area contributed by atoms with Crippen LogP contribution in [0.5, 0.6) is 0 Å². The van der Waals surface area contributed by atoms with Gasteiger partial charge in [-0.25, -0.2) is 0 Å². The number of amides is 1. The average molecular weight is 375 g/mol. The van der Waals surface area contributed by atoms with Crippen LogP contribution in [0.2, 0.25) is 5.02 Å². The summed E-state index contributed by atoms with van der Waals surface area (Å²) in [6.07, 6.45) is 0. The molecule has 9 heteroatoms. The van der Waals surface area contributed by atoms with E-state index in [2.05, 4.69) is 5.32 Å². The van der Waals surface area contributed by atoms with E-state index in [0.717, 1.165) is 5.56 Å². The summed E-state index contributed by atoms with van der Waals surface area (Å²) in [7, 11) is -0.353. The maximum Gasteiger partial charge on any atom is 0.281 e. The second kappa shape index (κ2) is 7.79. The first kappa shape index (κ1) is 19.1. The van der Waals surface area contributed by atoms with Gasteiger partial charge in [0.2, 0.25) is 5.91 Å². The molecule has 1 heterocycles. The Bertz CT molecular complexity index is 701. The third-order valence-electron chi connectivity index (χ3n) is 3.96. The fraction of sp³-hybridized carbons (Fsp3) is 0.533. The number of nitrogens with one attached hydrogen (secondary N) is 1. The summed E-state index contributed by atoms with van der Waals surface area (Å²) in [4.78, 5) is 14.1. The van der Waals surface area contributed by atoms with Gasteiger partial charge in [-0.05, 0) is 24.6 Å². The molecule has 0 bridgehead atoms. The van der Waals surface area contributed by atoms with Crippen LogP contribution in [0, 0.1) is 6.92 Å². The molecular formula is C15H23ClN4O3S. The number of halogens is 1. The highest BCUT2D eigenvalue weighted by Crippen LogP contribution is 2.20. The van der Waals surface area contributed by atoms with Gasteiger partial charge in [0.1, 0.15) is 0 Å². The second-order valence-electron chi connectivity index (χ2n) is 5.97. The van der Waals surface area contributed by atoms with Crippen LogP contribution in [-0.2, 0) is 15.0 Å². The molecule has 134 valence electrons. The predicted molar refractivity (Wildman–Crippen MR) is 95.4 cm³/mol. The Hall–Kier alpha value is -1.19. The molecule has 1 saturated heterocycles. The lowest BCUT2D eigenvalue weighted by Crippen LogP contribution is -2.52. The van der Waals surface area contributed by atoms with Gasteiger partial charge in [0.15, 0.2) is 0 Å². The van der Waals surface area contributed by atoms with E-state index in [0.29, 0.717) is 36.9 Å². The Morgan fingerprint density at radius 2 is 1.88 bits per heavy atom. The highest BCUT2D eigenvalue weighted by molar-refractivity contribution is 7.86. The van der Waals surface area contributed by atoms with Gasteiger partial charge < -0.3 is 5.32 Å². The summed E-state index contributed by atoms with van der Waals surface area (Å²) in [5.74, 6) is -0.135. The summed E-state index contributed by atoms with van der Waals surface area (Å²) >= 11 is 5.95. The molecule has 1 aliphatic heterocycles. The van der Waals surface area contributed by atoms with Gasteiger partial charge in [0.05, 0.1) is 6.54 Å². The van der Waals surface area contributed by atoms with E-state index < -0.39 is 10.2 Å². The molecule has 0 radical (unpaired) electrons. The van der Waals surface area contributed by atoms with Crippen LogP contribution >= 0.6 is 11.6 Å². The van der Waals surface area contributed by atoms with Crippen LogP contribution in [-0.4, -0.2) is 74.7 Å². The van der Waals surface area contributed by atoms with Crippen LogP contribution in [0.3, 0.4) is 0 Å². The van der Waals surface area contributed by atoms with Crippen LogP contribution in [0.15, 0.2) is 18.2 Å². The van der Waals surface area contributed by atoms with Crippen molar-refractivity contribution in [1.82, 2.24) is 13.5 Å². The molecule has 0 saturated carbocycles. The van der Waals surface area contributed by atoms with Crippen LogP contribution in [0.1, 0.15) is 5.56 Å². The molecule has 1 N–H and O–H groups in total. The van der Waals surface area contributed by atoms with Gasteiger partial charge in [-0.3, -0.25) is 9.69 Å². The van der Waals surface area contributed by atoms with Gasteiger partial charge in [-0.15, -0.1) is 0 Å². The second-order valence-corrected chi connectivity index (χ2v) is 8.55. The van der Waals surface area contributed by atoms with Crippen molar-refractivity contribution in [3.8, 4) is 0 Å². The molecule has 0 aliphatic carbocycles. The zero-order valence-electron chi connectivity index (χ0n) is 14.1. The Morgan fingerprint density at radius 1 is 1.25 bits per heavy atom. The van der Waals surface area contributed by atoms with E-state index in [9.17, 15) is 13.2 Å². The SMILES string of the molecule is Cc1ccc(Cl)cc1NC(=O)CN1CCN(S(=O)(=O)N(C)C)CC1. The van der Waals surface area contributed by atoms with Gasteiger partial charge in [0.25, 0.3) is 10.2 Å². The fourth-order valence-electron chi connectivity index (χ4n) is 2.47. The number of hydrogen-bond acceptors (Lipinski definition) is 4. The highest BCUT2D eigenvalue weighted by Gasteiger charge is 2.29. The van der Waals surface area contributed by atoms with Crippen molar-refractivity contribution in [1.29, 1.82) is 0 Å². The summed E-state index contributed by atoms with van der Waals surface area (Å²) in [6, 6.07) is 5.34. The number of piperazine rings is 1. The van der Waals surface area contributed by atoms with Crippen LogP contribution < -0.4 is 5.32 Å². The van der Waals surface area contributed by atoms with E-state index in [1.807, 2.05) is 17.9 Å². The normalized spacial score (nSPS) is 17.2. The van der Waals surface area contributed by atoms with Crippen molar-refractivity contribution >= 4 is 33.4 Å². The first-order valence-electron chi connectivity index (χ1n) is 7.66. The van der Waals surface area contributed by atoms with Gasteiger partial charge in [0, 0.05) is 51.0 Å². The number of nitrogens with zero attached hydrogens (tertiary/aromatic N) is 3. The number of carbonyl (C=O) groups is 1. The van der Waals surface area contributed by atoms with Crippen molar-refractivity contribution in [2.75, 3.05) is 52.1 Å². The number of aryl methyl sites for hydroxylation is 1. The van der Waals surface area contributed by atoms with Crippen LogP contribution in [0.25, 0.3) is 0 Å². The third kappa shape index (κ3) is 4.67. The van der Waals surface area contributed by atoms with E-state index in [-0.39, 0.29) is 12.5 Å². The first-order valence-corrected chi connectivity index (χ1v) is 9.43. The summed E-state index contributed by atoms with van der Waals surface area (Å²) in [5.41, 5.74) is 1.64. The van der Waals surface area contributed by atoms with Crippen molar-refractivity contribution in [3.05, 3.63) is 28.8 Å². The molecule has 24 heavy (non-hydrogen) atoms. The van der Waals surface area contributed by atoms with Gasteiger partial charge in [-0.2, -0.15) is 17.0 Å². The topological polar surface area (TPSA) is 73.0 Å². The quantitative estimate of drug-likeness (QED) is 0.834. The van der Waals surface area contributed by atoms with Crippen LogP contribution in [0.4, 0.5) is 5.69 Å². The molecule has 0 aromatic heterocycles. The summed E-state index contributed by atoms with van der Waals surface area (Å²) < 4.78 is 26.8. The standard InChI is InChI=1S/C15H23ClN4O3S/c1-12-4-5-13(16)10-14(12)17-15(21)11-19-6-8-20(9-7-19)24(22,23)18(2)3/h4-5,10H,6-9,11H2,1-3H3,(H,17,21). The van der Waals surface area contributed by atoms with Crippen molar-refractivity contribution < 1.29 is 13.2 Å².